The lowest BCUT2D eigenvalue weighted by Gasteiger charge is -2.33. The van der Waals surface area contributed by atoms with Gasteiger partial charge in [-0.15, -0.1) is 0 Å². The number of anilines is 2. The second-order valence-corrected chi connectivity index (χ2v) is 20.7. The Morgan fingerprint density at radius 3 is 1.44 bits per heavy atom. The minimum Gasteiger partial charge on any atom is -0.461 e. The first-order valence-electron chi connectivity index (χ1n) is 25.1. The fraction of sp³-hybridized carbons (Fsp3) is 0.379. The number of rotatable bonds is 17. The van der Waals surface area contributed by atoms with Crippen LogP contribution in [0.4, 0.5) is 11.4 Å². The van der Waals surface area contributed by atoms with E-state index in [2.05, 4.69) is 50.2 Å². The van der Waals surface area contributed by atoms with Gasteiger partial charge in [0.1, 0.15) is 12.1 Å². The Hall–Kier alpha value is -7.48. The molecule has 2 aliphatic rings. The highest BCUT2D eigenvalue weighted by Crippen LogP contribution is 2.36. The van der Waals surface area contributed by atoms with Gasteiger partial charge in [0, 0.05) is 58.9 Å². The fourth-order valence-corrected chi connectivity index (χ4v) is 9.89. The zero-order chi connectivity index (χ0) is 51.0. The lowest BCUT2D eigenvalue weighted by Crippen LogP contribution is -2.49. The molecule has 4 heterocycles. The third-order valence-corrected chi connectivity index (χ3v) is 14.0. The zero-order valence-corrected chi connectivity index (χ0v) is 41.8. The summed E-state index contributed by atoms with van der Waals surface area (Å²) in [6.45, 7) is 10.4. The molecule has 14 heteroatoms. The molecule has 6 aromatic rings. The highest BCUT2D eigenvalue weighted by Gasteiger charge is 2.40. The van der Waals surface area contributed by atoms with Crippen LogP contribution in [-0.2, 0) is 36.4 Å². The number of Topliss-reactive ketones (excluding diaryl/α,β-unsaturated/α-hetero) is 2. The van der Waals surface area contributed by atoms with Gasteiger partial charge in [0.15, 0.2) is 11.5 Å². The molecule has 0 spiro atoms. The zero-order valence-electron chi connectivity index (χ0n) is 41.8. The van der Waals surface area contributed by atoms with Gasteiger partial charge in [-0.1, -0.05) is 110 Å². The van der Waals surface area contributed by atoms with Crippen molar-refractivity contribution in [2.24, 2.45) is 0 Å². The minimum atomic E-state index is -1.26. The summed E-state index contributed by atoms with van der Waals surface area (Å²) in [7, 11) is 0. The summed E-state index contributed by atoms with van der Waals surface area (Å²) in [6, 6.07) is 24.9. The highest BCUT2D eigenvalue weighted by molar-refractivity contribution is 6.47. The van der Waals surface area contributed by atoms with Crippen LogP contribution in [0.1, 0.15) is 160 Å². The molecule has 2 unspecified atom stereocenters. The fourth-order valence-electron chi connectivity index (χ4n) is 9.89. The number of nitrogens with one attached hydrogen (secondary N) is 2. The number of pyridine rings is 2. The van der Waals surface area contributed by atoms with Crippen LogP contribution in [0, 0.1) is 0 Å². The second kappa shape index (κ2) is 22.3. The summed E-state index contributed by atoms with van der Waals surface area (Å²) in [6.07, 6.45) is 17.1. The molecule has 0 aliphatic heterocycles. The smallest absolute Gasteiger partial charge is 0.303 e. The maximum atomic E-state index is 14.7. The average molecular weight is 973 g/mol. The Labute approximate surface area is 421 Å². The van der Waals surface area contributed by atoms with Crippen molar-refractivity contribution in [3.63, 3.8) is 0 Å². The summed E-state index contributed by atoms with van der Waals surface area (Å²) >= 11 is 0. The standard InChI is InChI=1S/C58H64N6O8/c1-57(2,3)40-23-28-45(29-24-40)64(56(70)52(66)48-21-14-34-72-48)50(54(68)62-43-18-10-7-11-19-43)39-22-27-44(60-37-39)35-58(4,5)41-25-30-46(31-26-41)63(55(69)51(65)47-20-13-33-71-47)49(38-15-12-32-59-36-38)53(67)61-42-16-8-6-9-17-42/h12-15,20-34,36-37,42-43,49-50H,6-11,16-19,35H2,1-5H3,(H,61,67)(H,62,68). The quantitative estimate of drug-likeness (QED) is 0.0658. The molecular formula is C58H64N6O8. The molecule has 8 rings (SSSR count). The first kappa shape index (κ1) is 50.9. The molecule has 2 saturated carbocycles. The van der Waals surface area contributed by atoms with Crippen molar-refractivity contribution >= 4 is 46.6 Å². The molecule has 4 amide bonds. The van der Waals surface area contributed by atoms with Crippen LogP contribution in [0.25, 0.3) is 0 Å². The summed E-state index contributed by atoms with van der Waals surface area (Å²) in [5, 5.41) is 6.38. The lowest BCUT2D eigenvalue weighted by atomic mass is 9.80. The number of carbonyl (C=O) groups is 6. The molecule has 2 aromatic carbocycles. The van der Waals surface area contributed by atoms with Crippen molar-refractivity contribution in [2.45, 2.75) is 140 Å². The third kappa shape index (κ3) is 11.8. The molecule has 0 bridgehead atoms. The maximum absolute atomic E-state index is 14.7. The Morgan fingerprint density at radius 2 is 1.04 bits per heavy atom. The van der Waals surface area contributed by atoms with E-state index >= 15 is 0 Å². The summed E-state index contributed by atoms with van der Waals surface area (Å²) < 4.78 is 10.7. The molecule has 14 nitrogen and oxygen atoms in total. The topological polar surface area (TPSA) is 185 Å². The number of ketones is 2. The van der Waals surface area contributed by atoms with Crippen LogP contribution in [0.3, 0.4) is 0 Å². The van der Waals surface area contributed by atoms with E-state index in [4.69, 9.17) is 13.8 Å². The van der Waals surface area contributed by atoms with Crippen molar-refractivity contribution in [2.75, 3.05) is 9.80 Å². The van der Waals surface area contributed by atoms with Gasteiger partial charge < -0.3 is 19.5 Å². The minimum absolute atomic E-state index is 0.0673. The van der Waals surface area contributed by atoms with Crippen molar-refractivity contribution in [3.8, 4) is 0 Å². The van der Waals surface area contributed by atoms with Crippen LogP contribution in [-0.4, -0.2) is 57.2 Å². The summed E-state index contributed by atoms with van der Waals surface area (Å²) in [4.78, 5) is 97.2. The normalized spacial score (nSPS) is 15.5. The number of hydrogen-bond donors (Lipinski definition) is 2. The van der Waals surface area contributed by atoms with Gasteiger partial charge in [-0.05, 0) is 115 Å². The van der Waals surface area contributed by atoms with E-state index in [0.29, 0.717) is 34.6 Å². The Balaban J connectivity index is 1.10. The second-order valence-electron chi connectivity index (χ2n) is 20.7. The van der Waals surface area contributed by atoms with E-state index in [1.54, 1.807) is 54.9 Å². The van der Waals surface area contributed by atoms with Crippen LogP contribution in [0.2, 0.25) is 0 Å². The van der Waals surface area contributed by atoms with Crippen LogP contribution >= 0.6 is 0 Å². The molecule has 0 radical (unpaired) electrons. The van der Waals surface area contributed by atoms with E-state index < -0.39 is 52.7 Å². The Kier molecular flexibility index (Phi) is 15.8. The Morgan fingerprint density at radius 1 is 0.569 bits per heavy atom. The molecule has 374 valence electrons. The monoisotopic (exact) mass is 972 g/mol. The predicted octanol–water partition coefficient (Wildman–Crippen LogP) is 10.3. The van der Waals surface area contributed by atoms with Gasteiger partial charge in [-0.25, -0.2) is 0 Å². The van der Waals surface area contributed by atoms with Crippen LogP contribution in [0.5, 0.6) is 0 Å². The number of benzene rings is 2. The van der Waals surface area contributed by atoms with Crippen LogP contribution in [0.15, 0.2) is 137 Å². The molecule has 4 aromatic heterocycles. The highest BCUT2D eigenvalue weighted by atomic mass is 16.3. The van der Waals surface area contributed by atoms with E-state index in [-0.39, 0.29) is 29.0 Å². The number of carbonyl (C=O) groups excluding carboxylic acids is 6. The summed E-state index contributed by atoms with van der Waals surface area (Å²) in [5.74, 6) is -4.78. The average Bonchev–Trinajstić information content (AvgIpc) is 4.14. The van der Waals surface area contributed by atoms with E-state index in [1.807, 2.05) is 30.3 Å². The Bertz CT molecular complexity index is 2810. The van der Waals surface area contributed by atoms with Crippen molar-refractivity contribution < 1.29 is 37.6 Å². The summed E-state index contributed by atoms with van der Waals surface area (Å²) in [5.41, 5.74) is 3.38. The van der Waals surface area contributed by atoms with Gasteiger partial charge in [0.2, 0.25) is 11.8 Å². The number of hydrogen-bond acceptors (Lipinski definition) is 10. The first-order chi connectivity index (χ1) is 34.6. The van der Waals surface area contributed by atoms with E-state index in [9.17, 15) is 28.8 Å². The number of aromatic nitrogens is 2. The van der Waals surface area contributed by atoms with Gasteiger partial charge in [-0.2, -0.15) is 0 Å². The van der Waals surface area contributed by atoms with Gasteiger partial charge in [-0.3, -0.25) is 48.5 Å². The molecule has 2 aliphatic carbocycles. The van der Waals surface area contributed by atoms with Gasteiger partial charge >= 0.3 is 11.8 Å². The van der Waals surface area contributed by atoms with Gasteiger partial charge in [0.25, 0.3) is 11.6 Å². The first-order valence-corrected chi connectivity index (χ1v) is 25.1. The van der Waals surface area contributed by atoms with Crippen LogP contribution < -0.4 is 20.4 Å². The molecule has 0 saturated heterocycles. The van der Waals surface area contributed by atoms with Crippen molar-refractivity contribution in [3.05, 3.63) is 168 Å². The number of nitrogens with zero attached hydrogens (tertiary/aromatic N) is 4. The lowest BCUT2D eigenvalue weighted by molar-refractivity contribution is -0.126. The van der Waals surface area contributed by atoms with E-state index in [0.717, 1.165) is 75.3 Å². The predicted molar refractivity (Wildman–Crippen MR) is 273 cm³/mol. The van der Waals surface area contributed by atoms with E-state index in [1.165, 1.54) is 52.8 Å². The third-order valence-electron chi connectivity index (χ3n) is 14.0. The largest absolute Gasteiger partial charge is 0.461 e. The molecule has 72 heavy (non-hydrogen) atoms. The molecular weight excluding hydrogens is 909 g/mol. The van der Waals surface area contributed by atoms with Crippen molar-refractivity contribution in [1.82, 2.24) is 20.6 Å². The molecule has 2 N–H and O–H groups in total. The molecule has 2 fully saturated rings. The van der Waals surface area contributed by atoms with Gasteiger partial charge in [0.05, 0.1) is 12.5 Å². The number of furan rings is 2. The maximum Gasteiger partial charge on any atom is 0.303 e. The SMILES string of the molecule is CC(C)(C)c1ccc(N(C(=O)C(=O)c2ccco2)C(C(=O)NC2CCCCC2)c2ccc(CC(C)(C)c3ccc(N(C(=O)C(=O)c4ccco4)C(C(=O)NC4CCCCC4)c4cccnc4)cc3)nc2)cc1. The number of amides is 4. The molecule has 2 atom stereocenters. The van der Waals surface area contributed by atoms with Crippen molar-refractivity contribution in [1.29, 1.82) is 0 Å².